The molecule has 0 aliphatic rings. The van der Waals surface area contributed by atoms with Gasteiger partial charge in [0.25, 0.3) is 0 Å². The summed E-state index contributed by atoms with van der Waals surface area (Å²) in [6.45, 7) is 0. The topological polar surface area (TPSA) is 121 Å². The van der Waals surface area contributed by atoms with Gasteiger partial charge in [-0.1, -0.05) is 15.9 Å². The second kappa shape index (κ2) is 5.61. The number of aromatic nitrogens is 2. The molecule has 9 heteroatoms. The van der Waals surface area contributed by atoms with Gasteiger partial charge in [-0.05, 0) is 18.2 Å². The molecule has 2 N–H and O–H groups in total. The van der Waals surface area contributed by atoms with Crippen molar-refractivity contribution in [1.29, 1.82) is 0 Å². The number of hydrogen-bond acceptors (Lipinski definition) is 7. The van der Waals surface area contributed by atoms with Crippen molar-refractivity contribution in [2.75, 3.05) is 5.73 Å². The summed E-state index contributed by atoms with van der Waals surface area (Å²) in [6, 6.07) is 4.52. The van der Waals surface area contributed by atoms with Crippen molar-refractivity contribution in [2.24, 2.45) is 0 Å². The van der Waals surface area contributed by atoms with Crippen LogP contribution in [0.4, 0.5) is 11.5 Å². The van der Waals surface area contributed by atoms with Gasteiger partial charge in [-0.15, -0.1) is 0 Å². The Kier molecular flexibility index (Phi) is 3.89. The first-order chi connectivity index (χ1) is 9.51. The van der Waals surface area contributed by atoms with Crippen LogP contribution in [0.3, 0.4) is 0 Å². The first-order valence-corrected chi connectivity index (χ1v) is 6.00. The zero-order valence-electron chi connectivity index (χ0n) is 9.82. The van der Waals surface area contributed by atoms with Crippen molar-refractivity contribution < 1.29 is 14.5 Å². The number of halogens is 1. The maximum Gasteiger partial charge on any atom is 0.329 e. The molecule has 102 valence electrons. The highest BCUT2D eigenvalue weighted by atomic mass is 79.9. The Bertz CT molecular complexity index is 692. The number of nitrogen functional groups attached to an aromatic ring is 1. The van der Waals surface area contributed by atoms with E-state index in [0.29, 0.717) is 22.1 Å². The minimum absolute atomic E-state index is 0.146. The Balaban J connectivity index is 2.28. The van der Waals surface area contributed by atoms with Crippen molar-refractivity contribution in [2.45, 2.75) is 0 Å². The SMILES string of the molecule is Nc1nc(Oc2ccc(Br)c(C=O)c2)ncc1[N+](=O)[O-]. The fourth-order valence-electron chi connectivity index (χ4n) is 1.34. The summed E-state index contributed by atoms with van der Waals surface area (Å²) in [5.74, 6) is 0.0104. The molecule has 0 atom stereocenters. The van der Waals surface area contributed by atoms with Crippen molar-refractivity contribution in [3.8, 4) is 11.8 Å². The highest BCUT2D eigenvalue weighted by molar-refractivity contribution is 9.10. The van der Waals surface area contributed by atoms with Gasteiger partial charge >= 0.3 is 11.7 Å². The zero-order chi connectivity index (χ0) is 14.7. The Morgan fingerprint density at radius 3 is 2.80 bits per heavy atom. The average molecular weight is 339 g/mol. The summed E-state index contributed by atoms with van der Waals surface area (Å²) >= 11 is 3.20. The largest absolute Gasteiger partial charge is 0.424 e. The minimum atomic E-state index is -0.691. The summed E-state index contributed by atoms with van der Waals surface area (Å²) in [7, 11) is 0. The lowest BCUT2D eigenvalue weighted by molar-refractivity contribution is -0.384. The number of nitro groups is 1. The normalized spacial score (nSPS) is 10.1. The van der Waals surface area contributed by atoms with E-state index >= 15 is 0 Å². The maximum absolute atomic E-state index is 10.8. The number of rotatable bonds is 4. The fourth-order valence-corrected chi connectivity index (χ4v) is 1.68. The Morgan fingerprint density at radius 2 is 2.20 bits per heavy atom. The molecule has 1 aromatic carbocycles. The predicted molar refractivity (Wildman–Crippen MR) is 72.7 cm³/mol. The van der Waals surface area contributed by atoms with E-state index in [1.165, 1.54) is 6.07 Å². The van der Waals surface area contributed by atoms with Crippen LogP contribution in [0, 0.1) is 10.1 Å². The highest BCUT2D eigenvalue weighted by Gasteiger charge is 2.15. The average Bonchev–Trinajstić information content (AvgIpc) is 2.40. The minimum Gasteiger partial charge on any atom is -0.424 e. The molecule has 0 fully saturated rings. The van der Waals surface area contributed by atoms with E-state index < -0.39 is 10.6 Å². The number of nitrogens with two attached hydrogens (primary N) is 1. The first-order valence-electron chi connectivity index (χ1n) is 5.20. The molecule has 0 aliphatic carbocycles. The molecule has 0 radical (unpaired) electrons. The smallest absolute Gasteiger partial charge is 0.329 e. The zero-order valence-corrected chi connectivity index (χ0v) is 11.4. The van der Waals surface area contributed by atoms with E-state index in [0.717, 1.165) is 6.20 Å². The number of hydrogen-bond donors (Lipinski definition) is 1. The predicted octanol–water partition coefficient (Wildman–Crippen LogP) is 2.33. The number of ether oxygens (including phenoxy) is 1. The monoisotopic (exact) mass is 338 g/mol. The second-order valence-corrected chi connectivity index (χ2v) is 4.44. The molecule has 2 aromatic rings. The summed E-state index contributed by atoms with van der Waals surface area (Å²) in [6.07, 6.45) is 1.61. The molecular weight excluding hydrogens is 332 g/mol. The molecule has 0 aliphatic heterocycles. The molecule has 1 aromatic heterocycles. The van der Waals surface area contributed by atoms with Crippen LogP contribution in [-0.4, -0.2) is 21.2 Å². The molecule has 0 spiro atoms. The number of anilines is 1. The number of carbonyl (C=O) groups is 1. The summed E-state index contributed by atoms with van der Waals surface area (Å²) < 4.78 is 5.90. The summed E-state index contributed by atoms with van der Waals surface area (Å²) in [5, 5.41) is 10.6. The van der Waals surface area contributed by atoms with Gasteiger partial charge in [0.2, 0.25) is 5.82 Å². The van der Waals surface area contributed by atoms with Gasteiger partial charge in [-0.2, -0.15) is 9.97 Å². The van der Waals surface area contributed by atoms with Crippen LogP contribution in [-0.2, 0) is 0 Å². The molecular formula is C11H7BrN4O4. The van der Waals surface area contributed by atoms with Crippen LogP contribution >= 0.6 is 15.9 Å². The van der Waals surface area contributed by atoms with Gasteiger partial charge in [0.15, 0.2) is 6.29 Å². The number of nitrogens with zero attached hydrogens (tertiary/aromatic N) is 3. The van der Waals surface area contributed by atoms with Gasteiger partial charge in [-0.3, -0.25) is 14.9 Å². The van der Waals surface area contributed by atoms with E-state index in [1.807, 2.05) is 0 Å². The highest BCUT2D eigenvalue weighted by Crippen LogP contribution is 2.26. The van der Waals surface area contributed by atoms with Gasteiger partial charge < -0.3 is 10.5 Å². The number of aldehydes is 1. The Labute approximate surface area is 120 Å². The van der Waals surface area contributed by atoms with Crippen LogP contribution in [0.15, 0.2) is 28.9 Å². The molecule has 0 saturated heterocycles. The molecule has 0 saturated carbocycles. The van der Waals surface area contributed by atoms with Crippen molar-refractivity contribution in [3.05, 3.63) is 44.5 Å². The molecule has 2 rings (SSSR count). The fraction of sp³-hybridized carbons (Fsp3) is 0. The third-order valence-electron chi connectivity index (χ3n) is 2.28. The Morgan fingerprint density at radius 1 is 1.45 bits per heavy atom. The molecule has 20 heavy (non-hydrogen) atoms. The van der Waals surface area contributed by atoms with Crippen molar-refractivity contribution >= 4 is 33.7 Å². The second-order valence-electron chi connectivity index (χ2n) is 3.58. The van der Waals surface area contributed by atoms with Crippen molar-refractivity contribution in [1.82, 2.24) is 9.97 Å². The molecule has 0 bridgehead atoms. The summed E-state index contributed by atoms with van der Waals surface area (Å²) in [5.41, 5.74) is 5.40. The van der Waals surface area contributed by atoms with E-state index in [4.69, 9.17) is 10.5 Å². The van der Waals surface area contributed by atoms with Crippen LogP contribution in [0.2, 0.25) is 0 Å². The van der Waals surface area contributed by atoms with E-state index in [2.05, 4.69) is 25.9 Å². The van der Waals surface area contributed by atoms with Crippen molar-refractivity contribution in [3.63, 3.8) is 0 Å². The Hall–Kier alpha value is -2.55. The lowest BCUT2D eigenvalue weighted by Gasteiger charge is -2.05. The van der Waals surface area contributed by atoms with Crippen LogP contribution in [0.5, 0.6) is 11.8 Å². The first kappa shape index (κ1) is 13.9. The molecule has 1 heterocycles. The van der Waals surface area contributed by atoms with E-state index in [-0.39, 0.29) is 11.8 Å². The van der Waals surface area contributed by atoms with Gasteiger partial charge in [0, 0.05) is 10.0 Å². The summed E-state index contributed by atoms with van der Waals surface area (Å²) in [4.78, 5) is 28.0. The van der Waals surface area contributed by atoms with Crippen LogP contribution in [0.25, 0.3) is 0 Å². The standard InChI is InChI=1S/C11H7BrN4O4/c12-8-2-1-7(3-6(8)5-17)20-11-14-4-9(16(18)19)10(13)15-11/h1-5H,(H2,13,14,15). The molecule has 0 amide bonds. The van der Waals surface area contributed by atoms with E-state index in [1.54, 1.807) is 12.1 Å². The lowest BCUT2D eigenvalue weighted by atomic mass is 10.2. The maximum atomic E-state index is 10.8. The van der Waals surface area contributed by atoms with Gasteiger partial charge in [-0.25, -0.2) is 0 Å². The third-order valence-corrected chi connectivity index (χ3v) is 3.00. The molecule has 8 nitrogen and oxygen atoms in total. The van der Waals surface area contributed by atoms with Gasteiger partial charge in [0.05, 0.1) is 4.92 Å². The number of benzene rings is 1. The van der Waals surface area contributed by atoms with Crippen LogP contribution < -0.4 is 10.5 Å². The van der Waals surface area contributed by atoms with E-state index in [9.17, 15) is 14.9 Å². The van der Waals surface area contributed by atoms with Crippen LogP contribution in [0.1, 0.15) is 10.4 Å². The lowest BCUT2D eigenvalue weighted by Crippen LogP contribution is -2.01. The quantitative estimate of drug-likeness (QED) is 0.515. The third kappa shape index (κ3) is 2.88. The number of carbonyl (C=O) groups excluding carboxylic acids is 1. The van der Waals surface area contributed by atoms with Gasteiger partial charge in [0.1, 0.15) is 11.9 Å². The molecule has 0 unspecified atom stereocenters.